The van der Waals surface area contributed by atoms with E-state index in [2.05, 4.69) is 16.4 Å². The fourth-order valence-electron chi connectivity index (χ4n) is 2.75. The average molecular weight is 306 g/mol. The normalized spacial score (nSPS) is 12.9. The third-order valence-corrected chi connectivity index (χ3v) is 3.81. The molecule has 0 aliphatic carbocycles. The molecule has 6 nitrogen and oxygen atoms in total. The first-order chi connectivity index (χ1) is 11.3. The van der Waals surface area contributed by atoms with E-state index in [1.807, 2.05) is 35.8 Å². The zero-order valence-electron chi connectivity index (χ0n) is 12.5. The van der Waals surface area contributed by atoms with Crippen molar-refractivity contribution in [3.8, 4) is 28.8 Å². The lowest BCUT2D eigenvalue weighted by molar-refractivity contribution is 0.171. The second kappa shape index (κ2) is 5.21. The molecule has 0 saturated carbocycles. The first kappa shape index (κ1) is 13.5. The van der Waals surface area contributed by atoms with Gasteiger partial charge in [0.1, 0.15) is 30.4 Å². The quantitative estimate of drug-likeness (QED) is 0.788. The summed E-state index contributed by atoms with van der Waals surface area (Å²) >= 11 is 0. The van der Waals surface area contributed by atoms with Gasteiger partial charge in [0, 0.05) is 18.8 Å². The summed E-state index contributed by atoms with van der Waals surface area (Å²) in [5.74, 6) is 2.34. The maximum atomic E-state index is 9.05. The number of nitrogens with one attached hydrogen (secondary N) is 1. The average Bonchev–Trinajstić information content (AvgIpc) is 2.98. The van der Waals surface area contributed by atoms with Crippen LogP contribution in [0.15, 0.2) is 36.5 Å². The Labute approximate surface area is 132 Å². The monoisotopic (exact) mass is 306 g/mol. The fraction of sp³-hybridized carbons (Fsp3) is 0.176. The standard InChI is InChI=1S/C17H14N4O2/c1-19-17-16(20-15-8-11(10-18)4-5-21(15)17)12-2-3-13-14(9-12)23-7-6-22-13/h2-5,8-9,19H,6-7H2,1H3. The summed E-state index contributed by atoms with van der Waals surface area (Å²) < 4.78 is 13.1. The van der Waals surface area contributed by atoms with Crippen LogP contribution >= 0.6 is 0 Å². The van der Waals surface area contributed by atoms with Crippen molar-refractivity contribution in [2.45, 2.75) is 0 Å². The predicted molar refractivity (Wildman–Crippen MR) is 85.9 cm³/mol. The topological polar surface area (TPSA) is 71.6 Å². The molecule has 0 unspecified atom stereocenters. The molecule has 1 aliphatic rings. The van der Waals surface area contributed by atoms with Crippen LogP contribution in [0.3, 0.4) is 0 Å². The second-order valence-corrected chi connectivity index (χ2v) is 5.17. The van der Waals surface area contributed by atoms with Gasteiger partial charge in [-0.1, -0.05) is 0 Å². The largest absolute Gasteiger partial charge is 0.486 e. The Balaban J connectivity index is 1.89. The number of hydrogen-bond acceptors (Lipinski definition) is 5. The molecule has 2 aromatic heterocycles. The van der Waals surface area contributed by atoms with Gasteiger partial charge in [0.05, 0.1) is 11.6 Å². The number of hydrogen-bond donors (Lipinski definition) is 1. The van der Waals surface area contributed by atoms with Crippen molar-refractivity contribution < 1.29 is 9.47 Å². The number of aromatic nitrogens is 2. The summed E-state index contributed by atoms with van der Waals surface area (Å²) in [5.41, 5.74) is 3.04. The Hall–Kier alpha value is -3.20. The lowest BCUT2D eigenvalue weighted by atomic mass is 10.1. The van der Waals surface area contributed by atoms with Crippen molar-refractivity contribution in [1.29, 1.82) is 5.26 Å². The molecule has 6 heteroatoms. The number of anilines is 1. The molecule has 1 aliphatic heterocycles. The summed E-state index contributed by atoms with van der Waals surface area (Å²) in [6.45, 7) is 1.12. The van der Waals surface area contributed by atoms with Crippen LogP contribution in [0.4, 0.5) is 5.82 Å². The maximum absolute atomic E-state index is 9.05. The third kappa shape index (κ3) is 2.14. The van der Waals surface area contributed by atoms with Crippen LogP contribution in [0, 0.1) is 11.3 Å². The highest BCUT2D eigenvalue weighted by Gasteiger charge is 2.17. The van der Waals surface area contributed by atoms with Crippen molar-refractivity contribution in [2.24, 2.45) is 0 Å². The third-order valence-electron chi connectivity index (χ3n) is 3.81. The van der Waals surface area contributed by atoms with Gasteiger partial charge in [-0.3, -0.25) is 4.40 Å². The molecule has 3 aromatic rings. The number of nitrogens with zero attached hydrogens (tertiary/aromatic N) is 3. The molecule has 1 aromatic carbocycles. The molecular formula is C17H14N4O2. The van der Waals surface area contributed by atoms with Crippen molar-refractivity contribution in [3.05, 3.63) is 42.1 Å². The molecule has 0 bridgehead atoms. The van der Waals surface area contributed by atoms with Crippen LogP contribution in [0.25, 0.3) is 16.9 Å². The van der Waals surface area contributed by atoms with E-state index in [-0.39, 0.29) is 0 Å². The number of imidazole rings is 1. The molecule has 4 rings (SSSR count). The SMILES string of the molecule is CNc1c(-c2ccc3c(c2)OCCO3)nc2cc(C#N)ccn12. The van der Waals surface area contributed by atoms with E-state index < -0.39 is 0 Å². The van der Waals surface area contributed by atoms with Gasteiger partial charge in [-0.15, -0.1) is 0 Å². The number of fused-ring (bicyclic) bond motifs is 2. The van der Waals surface area contributed by atoms with E-state index in [0.29, 0.717) is 18.8 Å². The molecule has 0 saturated heterocycles. The first-order valence-corrected chi connectivity index (χ1v) is 7.30. The molecule has 0 atom stereocenters. The lowest BCUT2D eigenvalue weighted by Crippen LogP contribution is -2.15. The summed E-state index contributed by atoms with van der Waals surface area (Å²) in [6.07, 6.45) is 1.84. The number of ether oxygens (including phenoxy) is 2. The van der Waals surface area contributed by atoms with E-state index in [1.54, 1.807) is 12.1 Å². The van der Waals surface area contributed by atoms with Crippen molar-refractivity contribution in [1.82, 2.24) is 9.38 Å². The second-order valence-electron chi connectivity index (χ2n) is 5.17. The Bertz CT molecular complexity index is 940. The predicted octanol–water partition coefficient (Wildman–Crippen LogP) is 2.69. The molecule has 1 N–H and O–H groups in total. The Morgan fingerprint density at radius 1 is 1.17 bits per heavy atom. The highest BCUT2D eigenvalue weighted by molar-refractivity contribution is 5.78. The van der Waals surface area contributed by atoms with E-state index in [4.69, 9.17) is 14.7 Å². The van der Waals surface area contributed by atoms with E-state index in [1.165, 1.54) is 0 Å². The summed E-state index contributed by atoms with van der Waals surface area (Å²) in [5, 5.41) is 12.2. The van der Waals surface area contributed by atoms with Crippen molar-refractivity contribution >= 4 is 11.5 Å². The van der Waals surface area contributed by atoms with Gasteiger partial charge in [-0.2, -0.15) is 5.26 Å². The number of rotatable bonds is 2. The van der Waals surface area contributed by atoms with Crippen molar-refractivity contribution in [2.75, 3.05) is 25.6 Å². The molecule has 3 heterocycles. The minimum absolute atomic E-state index is 0.548. The van der Waals surface area contributed by atoms with Gasteiger partial charge in [0.25, 0.3) is 0 Å². The van der Waals surface area contributed by atoms with E-state index in [9.17, 15) is 0 Å². The van der Waals surface area contributed by atoms with Crippen LogP contribution in [0.5, 0.6) is 11.5 Å². The Morgan fingerprint density at radius 3 is 2.78 bits per heavy atom. The molecule has 114 valence electrons. The summed E-state index contributed by atoms with van der Waals surface area (Å²) in [4.78, 5) is 4.66. The van der Waals surface area contributed by atoms with Gasteiger partial charge in [0.15, 0.2) is 11.5 Å². The molecule has 0 spiro atoms. The highest BCUT2D eigenvalue weighted by atomic mass is 16.6. The van der Waals surface area contributed by atoms with Gasteiger partial charge in [-0.05, 0) is 30.3 Å². The number of nitriles is 1. The molecule has 23 heavy (non-hydrogen) atoms. The van der Waals surface area contributed by atoms with Crippen LogP contribution in [0.1, 0.15) is 5.56 Å². The molecule has 0 amide bonds. The summed E-state index contributed by atoms with van der Waals surface area (Å²) in [7, 11) is 1.85. The van der Waals surface area contributed by atoms with Gasteiger partial charge < -0.3 is 14.8 Å². The van der Waals surface area contributed by atoms with Gasteiger partial charge in [0.2, 0.25) is 0 Å². The number of pyridine rings is 1. The van der Waals surface area contributed by atoms with E-state index >= 15 is 0 Å². The smallest absolute Gasteiger partial charge is 0.162 e. The van der Waals surface area contributed by atoms with Gasteiger partial charge in [-0.25, -0.2) is 4.98 Å². The van der Waals surface area contributed by atoms with Crippen LogP contribution in [-0.2, 0) is 0 Å². The van der Waals surface area contributed by atoms with Gasteiger partial charge >= 0.3 is 0 Å². The van der Waals surface area contributed by atoms with E-state index in [0.717, 1.165) is 34.2 Å². The van der Waals surface area contributed by atoms with Crippen LogP contribution in [-0.4, -0.2) is 29.6 Å². The Kier molecular flexibility index (Phi) is 3.05. The molecule has 0 fully saturated rings. The highest BCUT2D eigenvalue weighted by Crippen LogP contribution is 2.36. The Morgan fingerprint density at radius 2 is 2.00 bits per heavy atom. The lowest BCUT2D eigenvalue weighted by Gasteiger charge is -2.18. The maximum Gasteiger partial charge on any atom is 0.162 e. The fourth-order valence-corrected chi connectivity index (χ4v) is 2.75. The van der Waals surface area contributed by atoms with Crippen molar-refractivity contribution in [3.63, 3.8) is 0 Å². The minimum atomic E-state index is 0.548. The number of benzene rings is 1. The molecular weight excluding hydrogens is 292 g/mol. The zero-order chi connectivity index (χ0) is 15.8. The van der Waals surface area contributed by atoms with Crippen LogP contribution in [0.2, 0.25) is 0 Å². The van der Waals surface area contributed by atoms with Crippen LogP contribution < -0.4 is 14.8 Å². The molecule has 0 radical (unpaired) electrons. The summed E-state index contributed by atoms with van der Waals surface area (Å²) in [6, 6.07) is 11.5. The minimum Gasteiger partial charge on any atom is -0.486 e. The first-order valence-electron chi connectivity index (χ1n) is 7.30. The zero-order valence-corrected chi connectivity index (χ0v) is 12.5.